The fraction of sp³-hybridized carbons (Fsp3) is 0.172. The minimum atomic E-state index is 0. The van der Waals surface area contributed by atoms with Gasteiger partial charge in [0.05, 0.1) is 0 Å². The number of fused-ring (bicyclic) bond motifs is 2. The van der Waals surface area contributed by atoms with Gasteiger partial charge in [-0.2, -0.15) is 9.97 Å². The van der Waals surface area contributed by atoms with Crippen LogP contribution in [0.5, 0.6) is 0 Å². The molecule has 1 aliphatic rings. The lowest BCUT2D eigenvalue weighted by molar-refractivity contribution is 0.607. The monoisotopic (exact) mass is 579 g/mol. The molecule has 0 radical (unpaired) electrons. The summed E-state index contributed by atoms with van der Waals surface area (Å²) in [5.41, 5.74) is 4.23. The molecule has 0 bridgehead atoms. The summed E-state index contributed by atoms with van der Waals surface area (Å²) in [6.07, 6.45) is 2.46. The standard InChI is InChI=1S/C16H14ClN3O.C12H6Cl2N2O.CH4/c17-12-5-3-11(4-6-12)15-18-13-7-8-14(19-16(13)21-15)20-9-1-2-10-20;13-8-3-1-7(2-4-8)11-15-9-5-6-10(14)16-12(9)17-11;/h3-8H,1-2,9-10H2;1-6H;1H4. The normalized spacial score (nSPS) is 12.8. The maximum absolute atomic E-state index is 5.90. The van der Waals surface area contributed by atoms with Crippen molar-refractivity contribution in [3.63, 3.8) is 0 Å². The van der Waals surface area contributed by atoms with E-state index in [9.17, 15) is 0 Å². The topological polar surface area (TPSA) is 81.1 Å². The molecular weight excluding hydrogens is 557 g/mol. The summed E-state index contributed by atoms with van der Waals surface area (Å²) in [4.78, 5) is 19.7. The lowest BCUT2D eigenvalue weighted by atomic mass is 10.2. The number of rotatable bonds is 3. The molecule has 10 heteroatoms. The van der Waals surface area contributed by atoms with Crippen LogP contribution in [-0.4, -0.2) is 33.0 Å². The zero-order valence-electron chi connectivity index (χ0n) is 19.9. The average Bonchev–Trinajstić information content (AvgIpc) is 3.69. The summed E-state index contributed by atoms with van der Waals surface area (Å²) in [6.45, 7) is 2.13. The zero-order chi connectivity index (χ0) is 26.1. The Kier molecular flexibility index (Phi) is 8.02. The summed E-state index contributed by atoms with van der Waals surface area (Å²) in [5.74, 6) is 2.05. The molecule has 1 saturated heterocycles. The van der Waals surface area contributed by atoms with E-state index < -0.39 is 0 Å². The van der Waals surface area contributed by atoms with Gasteiger partial charge in [-0.15, -0.1) is 0 Å². The Balaban J connectivity index is 0.000000157. The average molecular weight is 581 g/mol. The number of hydrogen-bond acceptors (Lipinski definition) is 7. The van der Waals surface area contributed by atoms with Crippen molar-refractivity contribution in [2.24, 2.45) is 0 Å². The Labute approximate surface area is 240 Å². The molecule has 198 valence electrons. The fourth-order valence-electron chi connectivity index (χ4n) is 4.16. The Morgan fingerprint density at radius 2 is 1.05 bits per heavy atom. The number of anilines is 1. The largest absolute Gasteiger partial charge is 0.418 e. The van der Waals surface area contributed by atoms with Crippen molar-refractivity contribution in [3.05, 3.63) is 88.0 Å². The summed E-state index contributed by atoms with van der Waals surface area (Å²) in [5, 5.41) is 1.76. The summed E-state index contributed by atoms with van der Waals surface area (Å²) >= 11 is 17.5. The van der Waals surface area contributed by atoms with Gasteiger partial charge in [-0.25, -0.2) is 9.97 Å². The van der Waals surface area contributed by atoms with Gasteiger partial charge < -0.3 is 13.7 Å². The van der Waals surface area contributed by atoms with E-state index in [0.717, 1.165) is 35.6 Å². The number of pyridine rings is 2. The highest BCUT2D eigenvalue weighted by atomic mass is 35.5. The molecule has 0 spiro atoms. The lowest BCUT2D eigenvalue weighted by Gasteiger charge is -2.15. The molecule has 4 aromatic heterocycles. The van der Waals surface area contributed by atoms with Gasteiger partial charge in [0.2, 0.25) is 23.2 Å². The van der Waals surface area contributed by atoms with Gasteiger partial charge in [0.1, 0.15) is 22.0 Å². The third kappa shape index (κ3) is 6.01. The van der Waals surface area contributed by atoms with Crippen LogP contribution in [0.25, 0.3) is 45.4 Å². The molecule has 0 atom stereocenters. The van der Waals surface area contributed by atoms with Crippen LogP contribution in [0.1, 0.15) is 20.3 Å². The first-order valence-corrected chi connectivity index (χ1v) is 13.1. The van der Waals surface area contributed by atoms with E-state index in [1.807, 2.05) is 48.5 Å². The number of benzene rings is 2. The highest BCUT2D eigenvalue weighted by molar-refractivity contribution is 6.31. The van der Waals surface area contributed by atoms with E-state index in [2.05, 4.69) is 24.8 Å². The molecule has 1 fully saturated rings. The van der Waals surface area contributed by atoms with Crippen molar-refractivity contribution in [2.75, 3.05) is 18.0 Å². The Morgan fingerprint density at radius 1 is 0.564 bits per heavy atom. The SMILES string of the molecule is C.Clc1ccc(-c2nc3ccc(Cl)nc3o2)cc1.Clc1ccc(-c2nc3ccc(N4CCCC4)nc3o2)cc1. The predicted octanol–water partition coefficient (Wildman–Crippen LogP) is 8.98. The van der Waals surface area contributed by atoms with Crippen molar-refractivity contribution < 1.29 is 8.83 Å². The van der Waals surface area contributed by atoms with Crippen LogP contribution in [-0.2, 0) is 0 Å². The Bertz CT molecular complexity index is 1710. The minimum absolute atomic E-state index is 0. The number of halogens is 3. The van der Waals surface area contributed by atoms with Crippen LogP contribution in [0.3, 0.4) is 0 Å². The molecule has 0 aliphatic carbocycles. The van der Waals surface area contributed by atoms with Crippen LogP contribution >= 0.6 is 34.8 Å². The van der Waals surface area contributed by atoms with Gasteiger partial charge in [0.15, 0.2) is 0 Å². The van der Waals surface area contributed by atoms with Gasteiger partial charge in [0, 0.05) is 34.3 Å². The van der Waals surface area contributed by atoms with E-state index >= 15 is 0 Å². The molecule has 0 amide bonds. The summed E-state index contributed by atoms with van der Waals surface area (Å²) < 4.78 is 11.3. The molecule has 0 unspecified atom stereocenters. The Morgan fingerprint density at radius 3 is 1.59 bits per heavy atom. The number of nitrogens with zero attached hydrogens (tertiary/aromatic N) is 5. The second-order valence-corrected chi connectivity index (χ2v) is 9.96. The van der Waals surface area contributed by atoms with Crippen LogP contribution in [0, 0.1) is 0 Å². The van der Waals surface area contributed by atoms with E-state index in [0.29, 0.717) is 43.9 Å². The minimum Gasteiger partial charge on any atom is -0.418 e. The molecular formula is C29H24Cl3N5O2. The van der Waals surface area contributed by atoms with Gasteiger partial charge in [-0.1, -0.05) is 42.2 Å². The van der Waals surface area contributed by atoms with E-state index in [-0.39, 0.29) is 7.43 Å². The quantitative estimate of drug-likeness (QED) is 0.193. The van der Waals surface area contributed by atoms with E-state index in [1.165, 1.54) is 12.8 Å². The van der Waals surface area contributed by atoms with Crippen molar-refractivity contribution in [3.8, 4) is 22.9 Å². The molecule has 7 nitrogen and oxygen atoms in total. The molecule has 0 saturated carbocycles. The number of aromatic nitrogens is 4. The molecule has 39 heavy (non-hydrogen) atoms. The van der Waals surface area contributed by atoms with E-state index in [1.54, 1.807) is 24.3 Å². The van der Waals surface area contributed by atoms with Crippen molar-refractivity contribution in [2.45, 2.75) is 20.3 Å². The zero-order valence-corrected chi connectivity index (χ0v) is 22.2. The molecule has 6 aromatic rings. The molecule has 5 heterocycles. The summed E-state index contributed by atoms with van der Waals surface area (Å²) in [6, 6.07) is 22.1. The smallest absolute Gasteiger partial charge is 0.249 e. The molecule has 1 aliphatic heterocycles. The first-order valence-electron chi connectivity index (χ1n) is 12.0. The van der Waals surface area contributed by atoms with Crippen molar-refractivity contribution in [1.82, 2.24) is 19.9 Å². The van der Waals surface area contributed by atoms with Crippen LogP contribution in [0.2, 0.25) is 15.2 Å². The molecule has 7 rings (SSSR count). The second kappa shape index (κ2) is 11.6. The first-order chi connectivity index (χ1) is 18.5. The van der Waals surface area contributed by atoms with Gasteiger partial charge in [-0.3, -0.25) is 0 Å². The van der Waals surface area contributed by atoms with Crippen LogP contribution in [0.15, 0.2) is 81.6 Å². The predicted molar refractivity (Wildman–Crippen MR) is 158 cm³/mol. The third-order valence-corrected chi connectivity index (χ3v) is 6.79. The Hall–Kier alpha value is -3.65. The van der Waals surface area contributed by atoms with Gasteiger partial charge >= 0.3 is 0 Å². The summed E-state index contributed by atoms with van der Waals surface area (Å²) in [7, 11) is 0. The maximum Gasteiger partial charge on any atom is 0.249 e. The number of hydrogen-bond donors (Lipinski definition) is 0. The first kappa shape index (κ1) is 26.9. The highest BCUT2D eigenvalue weighted by Crippen LogP contribution is 2.28. The fourth-order valence-corrected chi connectivity index (χ4v) is 4.55. The van der Waals surface area contributed by atoms with Crippen LogP contribution < -0.4 is 4.90 Å². The van der Waals surface area contributed by atoms with Crippen LogP contribution in [0.4, 0.5) is 5.82 Å². The molecule has 0 N–H and O–H groups in total. The van der Waals surface area contributed by atoms with Crippen molar-refractivity contribution >= 4 is 63.1 Å². The van der Waals surface area contributed by atoms with Crippen molar-refractivity contribution in [1.29, 1.82) is 0 Å². The van der Waals surface area contributed by atoms with E-state index in [4.69, 9.17) is 43.6 Å². The highest BCUT2D eigenvalue weighted by Gasteiger charge is 2.16. The number of oxazole rings is 2. The second-order valence-electron chi connectivity index (χ2n) is 8.70. The molecule has 2 aromatic carbocycles. The van der Waals surface area contributed by atoms with Gasteiger partial charge in [0.25, 0.3) is 0 Å². The van der Waals surface area contributed by atoms with Gasteiger partial charge in [-0.05, 0) is 85.6 Å². The maximum atomic E-state index is 5.90. The third-order valence-electron chi connectivity index (χ3n) is 6.07. The lowest BCUT2D eigenvalue weighted by Crippen LogP contribution is -2.18.